The number of hydrogen-bond acceptors (Lipinski definition) is 6. The average molecular weight is 886 g/mol. The van der Waals surface area contributed by atoms with Crippen LogP contribution < -0.4 is 20.6 Å². The monoisotopic (exact) mass is 884 g/mol. The summed E-state index contributed by atoms with van der Waals surface area (Å²) in [5, 5.41) is 16.1. The minimum Gasteiger partial charge on any atom is -0.508 e. The quantitative estimate of drug-likeness (QED) is 0.0520. The molecule has 324 valence electrons. The highest BCUT2D eigenvalue weighted by Crippen LogP contribution is 2.51. The Hall–Kier alpha value is -6.03. The summed E-state index contributed by atoms with van der Waals surface area (Å²) >= 11 is 6.65. The molecule has 3 aliphatic rings. The van der Waals surface area contributed by atoms with E-state index in [-0.39, 0.29) is 34.6 Å². The fraction of sp³-hybridized carbons (Fsp3) is 0.236. The molecule has 1 aliphatic carbocycles. The molecule has 0 bridgehead atoms. The Bertz CT molecular complexity index is 2650. The molecule has 4 atom stereocenters. The minimum absolute atomic E-state index is 0.111. The van der Waals surface area contributed by atoms with E-state index in [0.717, 1.165) is 39.2 Å². The van der Waals surface area contributed by atoms with E-state index in [4.69, 9.17) is 20.8 Å². The first-order valence-electron chi connectivity index (χ1n) is 22.1. The van der Waals surface area contributed by atoms with Gasteiger partial charge >= 0.3 is 0 Å². The van der Waals surface area contributed by atoms with Crippen molar-refractivity contribution in [3.8, 4) is 5.75 Å². The van der Waals surface area contributed by atoms with Gasteiger partial charge in [-0.25, -0.2) is 0 Å². The summed E-state index contributed by atoms with van der Waals surface area (Å²) < 4.78 is 14.4. The summed E-state index contributed by atoms with van der Waals surface area (Å²) in [4.78, 5) is 30.9. The summed E-state index contributed by atoms with van der Waals surface area (Å²) in [5.74, 6) is -1.61. The number of para-hydroxylation sites is 1. The zero-order valence-corrected chi connectivity index (χ0v) is 38.2. The molecule has 64 heavy (non-hydrogen) atoms. The number of fused-ring (bicyclic) bond motifs is 3. The van der Waals surface area contributed by atoms with Gasteiger partial charge in [0.2, 0.25) is 11.8 Å². The normalized spacial score (nSPS) is 20.1. The van der Waals surface area contributed by atoms with E-state index >= 15 is 0 Å². The number of nitrogens with one attached hydrogen (secondary N) is 1. The van der Waals surface area contributed by atoms with Crippen LogP contribution in [0.5, 0.6) is 5.75 Å². The largest absolute Gasteiger partial charge is 0.508 e. The molecule has 0 radical (unpaired) electrons. The number of allylic oxidation sites excluding steroid dienone is 1. The van der Waals surface area contributed by atoms with Gasteiger partial charge in [0, 0.05) is 17.3 Å². The van der Waals surface area contributed by atoms with E-state index in [2.05, 4.69) is 92.8 Å². The second-order valence-electron chi connectivity index (χ2n) is 18.1. The van der Waals surface area contributed by atoms with Gasteiger partial charge in [0.15, 0.2) is 0 Å². The zero-order valence-electron chi connectivity index (χ0n) is 36.4. The summed E-state index contributed by atoms with van der Waals surface area (Å²) in [6.45, 7) is 7.47. The van der Waals surface area contributed by atoms with Gasteiger partial charge in [-0.1, -0.05) is 142 Å². The third-order valence-electron chi connectivity index (χ3n) is 13.2. The topological polar surface area (TPSA) is 88.1 Å². The van der Waals surface area contributed by atoms with Crippen molar-refractivity contribution in [3.63, 3.8) is 0 Å². The Balaban J connectivity index is 1.08. The molecule has 2 N–H and O–H groups in total. The van der Waals surface area contributed by atoms with Crippen molar-refractivity contribution in [2.45, 2.75) is 51.2 Å². The number of amides is 2. The molecular formula is C55H53ClN2O5Si. The Morgan fingerprint density at radius 1 is 0.781 bits per heavy atom. The highest BCUT2D eigenvalue weighted by atomic mass is 35.5. The molecule has 7 nitrogen and oxygen atoms in total. The number of anilines is 3. The smallest absolute Gasteiger partial charge is 0.261 e. The van der Waals surface area contributed by atoms with Crippen molar-refractivity contribution in [3.05, 3.63) is 191 Å². The van der Waals surface area contributed by atoms with Crippen molar-refractivity contribution < 1.29 is 23.9 Å². The minimum atomic E-state index is -2.98. The van der Waals surface area contributed by atoms with Gasteiger partial charge in [0.25, 0.3) is 8.32 Å². The van der Waals surface area contributed by atoms with Gasteiger partial charge in [-0.15, -0.1) is 0 Å². The molecular weight excluding hydrogens is 832 g/mol. The molecule has 9 heteroatoms. The number of nitrogens with zero attached hydrogens (tertiary/aromatic N) is 1. The van der Waals surface area contributed by atoms with Gasteiger partial charge in [-0.3, -0.25) is 14.5 Å². The molecule has 0 aromatic heterocycles. The number of imide groups is 1. The maximum absolute atomic E-state index is 14.8. The van der Waals surface area contributed by atoms with Crippen molar-refractivity contribution in [2.24, 2.45) is 17.8 Å². The van der Waals surface area contributed by atoms with E-state index in [1.165, 1.54) is 15.3 Å². The second kappa shape index (κ2) is 18.2. The Kier molecular flexibility index (Phi) is 12.3. The lowest BCUT2D eigenvalue weighted by Gasteiger charge is -2.44. The van der Waals surface area contributed by atoms with Gasteiger partial charge < -0.3 is 19.6 Å². The Morgan fingerprint density at radius 3 is 1.98 bits per heavy atom. The summed E-state index contributed by atoms with van der Waals surface area (Å²) in [5.41, 5.74) is 7.47. The average Bonchev–Trinajstić information content (AvgIpc) is 3.84. The van der Waals surface area contributed by atoms with Crippen molar-refractivity contribution in [1.82, 2.24) is 0 Å². The molecule has 9 rings (SSSR count). The summed E-state index contributed by atoms with van der Waals surface area (Å²) in [7, 11) is -2.98. The molecule has 0 spiro atoms. The standard InChI is InChI=1S/C55H53ClN2O5Si/c1-55(2,3)64(45-20-12-6-13-21-45,46-22-14-7-15-23-46)63-35-40-33-47-52(54(61)58(53(47)60)43-28-26-42(27-29-43)57-41-18-10-5-11-19-41)48-36-62-50(51(40)48)31-25-38(37-16-8-4-9-17-37)32-39-24-30-44(59)34-49(39)56/h4-24,26-30,32,34,47-48,50,52,57,59H,25,31,33,35-36H2,1-3H3/b38-32-/t47-,48+,50-,52-/m1/s1. The highest BCUT2D eigenvalue weighted by molar-refractivity contribution is 6.99. The lowest BCUT2D eigenvalue weighted by Crippen LogP contribution is -2.66. The number of carbonyl (C=O) groups excluding carboxylic acids is 2. The van der Waals surface area contributed by atoms with E-state index in [1.807, 2.05) is 91.0 Å². The van der Waals surface area contributed by atoms with Crippen LogP contribution >= 0.6 is 11.6 Å². The van der Waals surface area contributed by atoms with Gasteiger partial charge in [0.1, 0.15) is 5.75 Å². The van der Waals surface area contributed by atoms with Crippen molar-refractivity contribution in [2.75, 3.05) is 23.4 Å². The maximum Gasteiger partial charge on any atom is 0.261 e. The van der Waals surface area contributed by atoms with Gasteiger partial charge in [-0.2, -0.15) is 0 Å². The Labute approximate surface area is 382 Å². The predicted molar refractivity (Wildman–Crippen MR) is 261 cm³/mol. The number of phenols is 1. The third kappa shape index (κ3) is 8.39. The van der Waals surface area contributed by atoms with Crippen LogP contribution in [0.15, 0.2) is 175 Å². The Morgan fingerprint density at radius 2 is 1.38 bits per heavy atom. The van der Waals surface area contributed by atoms with E-state index in [0.29, 0.717) is 43.2 Å². The molecule has 6 aromatic rings. The molecule has 2 amide bonds. The molecule has 6 aromatic carbocycles. The van der Waals surface area contributed by atoms with E-state index in [1.54, 1.807) is 12.1 Å². The van der Waals surface area contributed by atoms with E-state index in [9.17, 15) is 14.7 Å². The number of benzene rings is 6. The van der Waals surface area contributed by atoms with Crippen molar-refractivity contribution in [1.29, 1.82) is 0 Å². The number of aromatic hydroxyl groups is 1. The predicted octanol–water partition coefficient (Wildman–Crippen LogP) is 11.2. The SMILES string of the molecule is CC(C)(C)[Si](OCC1=C2[C@@H](CC/C(=C/c3ccc(O)cc3Cl)c3ccccc3)OC[C@@H]2[C@@H]2C(=O)N(c3ccc(Nc4ccccc4)cc3)C(=O)[C@@H]2C1)(c1ccccc1)c1ccccc1. The molecule has 2 fully saturated rings. The molecule has 0 unspecified atom stereocenters. The first kappa shape index (κ1) is 43.2. The maximum atomic E-state index is 14.8. The summed E-state index contributed by atoms with van der Waals surface area (Å²) in [6, 6.07) is 53.9. The molecule has 0 saturated carbocycles. The van der Waals surface area contributed by atoms with Crippen LogP contribution in [0.4, 0.5) is 17.1 Å². The van der Waals surface area contributed by atoms with Crippen LogP contribution in [0, 0.1) is 17.8 Å². The number of carbonyl (C=O) groups is 2. The lowest BCUT2D eigenvalue weighted by molar-refractivity contribution is -0.122. The molecule has 2 aliphatic heterocycles. The zero-order chi connectivity index (χ0) is 44.4. The number of ether oxygens (including phenoxy) is 1. The number of halogens is 1. The number of phenolic OH excluding ortho intramolecular Hbond substituents is 1. The van der Waals surface area contributed by atoms with E-state index < -0.39 is 20.2 Å². The van der Waals surface area contributed by atoms with Crippen LogP contribution in [0.1, 0.15) is 51.2 Å². The van der Waals surface area contributed by atoms with Crippen LogP contribution in [-0.4, -0.2) is 44.6 Å². The first-order chi connectivity index (χ1) is 31.0. The first-order valence-corrected chi connectivity index (χ1v) is 24.4. The number of hydrogen-bond donors (Lipinski definition) is 2. The van der Waals surface area contributed by atoms with Gasteiger partial charge in [0.05, 0.1) is 41.9 Å². The molecule has 2 saturated heterocycles. The van der Waals surface area contributed by atoms with Crippen molar-refractivity contribution >= 4 is 70.8 Å². The fourth-order valence-corrected chi connectivity index (χ4v) is 15.0. The van der Waals surface area contributed by atoms with Crippen LogP contribution in [0.25, 0.3) is 11.6 Å². The van der Waals surface area contributed by atoms with Crippen LogP contribution in [0.2, 0.25) is 10.1 Å². The molecule has 2 heterocycles. The van der Waals surface area contributed by atoms with Crippen LogP contribution in [0.3, 0.4) is 0 Å². The fourth-order valence-electron chi connectivity index (χ4n) is 10.3. The van der Waals surface area contributed by atoms with Gasteiger partial charge in [-0.05, 0) is 123 Å². The lowest BCUT2D eigenvalue weighted by atomic mass is 9.69. The number of rotatable bonds is 13. The highest BCUT2D eigenvalue weighted by Gasteiger charge is 2.58. The summed E-state index contributed by atoms with van der Waals surface area (Å²) in [6.07, 6.45) is 3.49. The second-order valence-corrected chi connectivity index (χ2v) is 22.8. The third-order valence-corrected chi connectivity index (χ3v) is 18.5. The van der Waals surface area contributed by atoms with Crippen LogP contribution in [-0.2, 0) is 18.8 Å².